The maximum absolute atomic E-state index is 13.0. The Labute approximate surface area is 95.2 Å². The number of amides is 1. The van der Waals surface area contributed by atoms with E-state index in [1.54, 1.807) is 13.0 Å². The zero-order chi connectivity index (χ0) is 12.0. The van der Waals surface area contributed by atoms with E-state index < -0.39 is 0 Å². The van der Waals surface area contributed by atoms with Crippen LogP contribution in [0.4, 0.5) is 4.39 Å². The molecule has 1 N–H and O–H groups in total. The predicted octanol–water partition coefficient (Wildman–Crippen LogP) is 2.83. The van der Waals surface area contributed by atoms with Gasteiger partial charge in [0.2, 0.25) is 0 Å². The van der Waals surface area contributed by atoms with Gasteiger partial charge in [0.1, 0.15) is 5.82 Å². The molecule has 0 radical (unpaired) electrons. The minimum absolute atomic E-state index is 0.230. The third-order valence-electron chi connectivity index (χ3n) is 2.14. The number of benzene rings is 1. The Hall–Kier alpha value is -1.64. The van der Waals surface area contributed by atoms with Gasteiger partial charge in [-0.1, -0.05) is 12.2 Å². The topological polar surface area (TPSA) is 29.1 Å². The fraction of sp³-hybridized carbons (Fsp3) is 0.308. The average Bonchev–Trinajstić information content (AvgIpc) is 2.22. The molecule has 0 aliphatic rings. The van der Waals surface area contributed by atoms with Crippen molar-refractivity contribution in [3.63, 3.8) is 0 Å². The van der Waals surface area contributed by atoms with Gasteiger partial charge in [0.25, 0.3) is 5.91 Å². The SMILES string of the molecule is C/C=C/CCNC(=O)c1cc(C)cc(F)c1. The van der Waals surface area contributed by atoms with Gasteiger partial charge in [-0.05, 0) is 44.0 Å². The van der Waals surface area contributed by atoms with Gasteiger partial charge in [-0.15, -0.1) is 0 Å². The van der Waals surface area contributed by atoms with Crippen molar-refractivity contribution in [3.05, 3.63) is 47.3 Å². The van der Waals surface area contributed by atoms with Crippen molar-refractivity contribution in [1.82, 2.24) is 5.32 Å². The van der Waals surface area contributed by atoms with Crippen molar-refractivity contribution in [2.24, 2.45) is 0 Å². The summed E-state index contributed by atoms with van der Waals surface area (Å²) in [6, 6.07) is 4.32. The highest BCUT2D eigenvalue weighted by Crippen LogP contribution is 2.08. The van der Waals surface area contributed by atoms with Gasteiger partial charge >= 0.3 is 0 Å². The first-order valence-corrected chi connectivity index (χ1v) is 5.30. The highest BCUT2D eigenvalue weighted by molar-refractivity contribution is 5.94. The summed E-state index contributed by atoms with van der Waals surface area (Å²) in [6.07, 6.45) is 4.69. The van der Waals surface area contributed by atoms with Gasteiger partial charge in [0.05, 0.1) is 0 Å². The first-order chi connectivity index (χ1) is 7.63. The Morgan fingerprint density at radius 1 is 1.44 bits per heavy atom. The molecule has 0 unspecified atom stereocenters. The van der Waals surface area contributed by atoms with Crippen molar-refractivity contribution in [1.29, 1.82) is 0 Å². The van der Waals surface area contributed by atoms with E-state index in [4.69, 9.17) is 0 Å². The lowest BCUT2D eigenvalue weighted by atomic mass is 10.1. The van der Waals surface area contributed by atoms with Crippen LogP contribution < -0.4 is 5.32 Å². The quantitative estimate of drug-likeness (QED) is 0.614. The molecule has 0 fully saturated rings. The fourth-order valence-electron chi connectivity index (χ4n) is 1.41. The van der Waals surface area contributed by atoms with Gasteiger partial charge in [-0.3, -0.25) is 4.79 Å². The number of aryl methyl sites for hydroxylation is 1. The first kappa shape index (κ1) is 12.4. The lowest BCUT2D eigenvalue weighted by Gasteiger charge is -2.04. The summed E-state index contributed by atoms with van der Waals surface area (Å²) in [5, 5.41) is 2.73. The van der Waals surface area contributed by atoms with E-state index in [-0.39, 0.29) is 11.7 Å². The molecule has 3 heteroatoms. The molecule has 0 saturated carbocycles. The van der Waals surface area contributed by atoms with Crippen LogP contribution in [0.5, 0.6) is 0 Å². The zero-order valence-electron chi connectivity index (χ0n) is 9.59. The van der Waals surface area contributed by atoms with Crippen LogP contribution in [0.25, 0.3) is 0 Å². The van der Waals surface area contributed by atoms with E-state index in [0.717, 1.165) is 12.0 Å². The molecule has 0 aliphatic carbocycles. The van der Waals surface area contributed by atoms with E-state index in [1.165, 1.54) is 12.1 Å². The Morgan fingerprint density at radius 3 is 2.81 bits per heavy atom. The predicted molar refractivity (Wildman–Crippen MR) is 62.9 cm³/mol. The molecular weight excluding hydrogens is 205 g/mol. The Morgan fingerprint density at radius 2 is 2.19 bits per heavy atom. The van der Waals surface area contributed by atoms with E-state index >= 15 is 0 Å². The van der Waals surface area contributed by atoms with Gasteiger partial charge in [-0.25, -0.2) is 4.39 Å². The maximum atomic E-state index is 13.0. The van der Waals surface area contributed by atoms with E-state index in [2.05, 4.69) is 5.32 Å². The van der Waals surface area contributed by atoms with Gasteiger partial charge < -0.3 is 5.32 Å². The summed E-state index contributed by atoms with van der Waals surface area (Å²) in [4.78, 5) is 11.6. The number of halogens is 1. The molecule has 2 nitrogen and oxygen atoms in total. The Balaban J connectivity index is 2.59. The molecular formula is C13H16FNO. The molecule has 1 amide bonds. The largest absolute Gasteiger partial charge is 0.352 e. The minimum atomic E-state index is -0.376. The van der Waals surface area contributed by atoms with E-state index in [0.29, 0.717) is 12.1 Å². The van der Waals surface area contributed by atoms with Crippen molar-refractivity contribution in [3.8, 4) is 0 Å². The summed E-state index contributed by atoms with van der Waals surface area (Å²) >= 11 is 0. The molecule has 1 aromatic rings. The molecule has 0 saturated heterocycles. The maximum Gasteiger partial charge on any atom is 0.251 e. The average molecular weight is 221 g/mol. The number of carbonyl (C=O) groups excluding carboxylic acids is 1. The normalized spacial score (nSPS) is 10.7. The van der Waals surface area contributed by atoms with Crippen molar-refractivity contribution in [2.45, 2.75) is 20.3 Å². The number of hydrogen-bond acceptors (Lipinski definition) is 1. The highest BCUT2D eigenvalue weighted by Gasteiger charge is 2.06. The van der Waals surface area contributed by atoms with Crippen LogP contribution in [0.2, 0.25) is 0 Å². The molecule has 1 rings (SSSR count). The minimum Gasteiger partial charge on any atom is -0.352 e. The highest BCUT2D eigenvalue weighted by atomic mass is 19.1. The Bertz CT molecular complexity index is 379. The van der Waals surface area contributed by atoms with Crippen molar-refractivity contribution >= 4 is 5.91 Å². The monoisotopic (exact) mass is 221 g/mol. The molecule has 0 spiro atoms. The number of hydrogen-bond donors (Lipinski definition) is 1. The van der Waals surface area contributed by atoms with Crippen molar-refractivity contribution < 1.29 is 9.18 Å². The summed E-state index contributed by atoms with van der Waals surface area (Å²) < 4.78 is 13.0. The molecule has 0 aromatic heterocycles. The smallest absolute Gasteiger partial charge is 0.251 e. The molecule has 1 aromatic carbocycles. The second-order valence-corrected chi connectivity index (χ2v) is 3.63. The van der Waals surface area contributed by atoms with Gasteiger partial charge in [-0.2, -0.15) is 0 Å². The summed E-state index contributed by atoms with van der Waals surface area (Å²) in [5.74, 6) is -0.606. The second-order valence-electron chi connectivity index (χ2n) is 3.63. The van der Waals surface area contributed by atoms with Crippen molar-refractivity contribution in [2.75, 3.05) is 6.54 Å². The summed E-state index contributed by atoms with van der Waals surface area (Å²) in [6.45, 7) is 4.26. The summed E-state index contributed by atoms with van der Waals surface area (Å²) in [5.41, 5.74) is 1.12. The standard InChI is InChI=1S/C13H16FNO/c1-3-4-5-6-15-13(16)11-7-10(2)8-12(14)9-11/h3-4,7-9H,5-6H2,1-2H3,(H,15,16)/b4-3+. The van der Waals surface area contributed by atoms with Gasteiger partial charge in [0, 0.05) is 12.1 Å². The number of carbonyl (C=O) groups is 1. The van der Waals surface area contributed by atoms with Crippen LogP contribution in [-0.2, 0) is 0 Å². The van der Waals surface area contributed by atoms with Crippen LogP contribution in [0.1, 0.15) is 29.3 Å². The number of rotatable bonds is 4. The third-order valence-corrected chi connectivity index (χ3v) is 2.14. The Kier molecular flexibility index (Phi) is 4.70. The van der Waals surface area contributed by atoms with E-state index in [1.807, 2.05) is 19.1 Å². The number of allylic oxidation sites excluding steroid dienone is 1. The van der Waals surface area contributed by atoms with Gasteiger partial charge in [0.15, 0.2) is 0 Å². The molecule has 0 bridgehead atoms. The lowest BCUT2D eigenvalue weighted by Crippen LogP contribution is -2.24. The summed E-state index contributed by atoms with van der Waals surface area (Å²) in [7, 11) is 0. The fourth-order valence-corrected chi connectivity index (χ4v) is 1.41. The molecule has 16 heavy (non-hydrogen) atoms. The third kappa shape index (κ3) is 3.85. The molecule has 0 aliphatic heterocycles. The van der Waals surface area contributed by atoms with E-state index in [9.17, 15) is 9.18 Å². The van der Waals surface area contributed by atoms with Crippen LogP contribution in [0.15, 0.2) is 30.4 Å². The second kappa shape index (κ2) is 6.05. The van der Waals surface area contributed by atoms with Crippen LogP contribution in [0, 0.1) is 12.7 Å². The van der Waals surface area contributed by atoms with Crippen LogP contribution in [-0.4, -0.2) is 12.5 Å². The van der Waals surface area contributed by atoms with Crippen LogP contribution >= 0.6 is 0 Å². The zero-order valence-corrected chi connectivity index (χ0v) is 9.59. The number of nitrogens with one attached hydrogen (secondary N) is 1. The molecule has 0 atom stereocenters. The molecule has 0 heterocycles. The van der Waals surface area contributed by atoms with Crippen LogP contribution in [0.3, 0.4) is 0 Å². The molecule has 86 valence electrons. The first-order valence-electron chi connectivity index (χ1n) is 5.30. The lowest BCUT2D eigenvalue weighted by molar-refractivity contribution is 0.0954.